The summed E-state index contributed by atoms with van der Waals surface area (Å²) in [5.41, 5.74) is 1.94. The van der Waals surface area contributed by atoms with Gasteiger partial charge in [0.15, 0.2) is 0 Å². The number of aryl methyl sites for hydroxylation is 1. The molecule has 8 nitrogen and oxygen atoms in total. The number of benzene rings is 1. The van der Waals surface area contributed by atoms with Gasteiger partial charge in [0, 0.05) is 62.9 Å². The monoisotopic (exact) mass is 405 g/mol. The van der Waals surface area contributed by atoms with Crippen molar-refractivity contribution in [1.29, 1.82) is 0 Å². The summed E-state index contributed by atoms with van der Waals surface area (Å²) in [6.07, 6.45) is 6.83. The fourth-order valence-corrected chi connectivity index (χ4v) is 3.72. The van der Waals surface area contributed by atoms with Crippen molar-refractivity contribution >= 4 is 23.1 Å². The van der Waals surface area contributed by atoms with Gasteiger partial charge in [-0.3, -0.25) is 9.36 Å². The molecule has 3 heterocycles. The van der Waals surface area contributed by atoms with Crippen molar-refractivity contribution in [3.8, 4) is 5.82 Å². The Kier molecular flexibility index (Phi) is 5.65. The van der Waals surface area contributed by atoms with Crippen LogP contribution in [0.5, 0.6) is 0 Å². The molecular formula is C22H27N7O. The van der Waals surface area contributed by atoms with Crippen LogP contribution in [0.2, 0.25) is 0 Å². The largest absolute Gasteiger partial charge is 0.378 e. The molecule has 1 fully saturated rings. The summed E-state index contributed by atoms with van der Waals surface area (Å²) in [5.74, 6) is 2.66. The number of anilines is 3. The Bertz CT molecular complexity index is 1000. The van der Waals surface area contributed by atoms with Crippen LogP contribution >= 0.6 is 0 Å². The molecule has 2 aromatic heterocycles. The van der Waals surface area contributed by atoms with E-state index in [-0.39, 0.29) is 11.8 Å². The summed E-state index contributed by atoms with van der Waals surface area (Å²) in [7, 11) is 4.00. The summed E-state index contributed by atoms with van der Waals surface area (Å²) in [6.45, 7) is 3.52. The van der Waals surface area contributed by atoms with Gasteiger partial charge in [0.1, 0.15) is 23.8 Å². The van der Waals surface area contributed by atoms with Gasteiger partial charge in [-0.2, -0.15) is 0 Å². The molecule has 3 aromatic rings. The molecule has 0 atom stereocenters. The minimum absolute atomic E-state index is 0.00646. The number of aromatic nitrogens is 4. The lowest BCUT2D eigenvalue weighted by Gasteiger charge is -2.32. The Balaban J connectivity index is 1.36. The first-order valence-electron chi connectivity index (χ1n) is 10.2. The Morgan fingerprint density at radius 3 is 2.40 bits per heavy atom. The van der Waals surface area contributed by atoms with Crippen molar-refractivity contribution in [2.24, 2.45) is 5.92 Å². The highest BCUT2D eigenvalue weighted by atomic mass is 16.1. The minimum atomic E-state index is 0.00646. The lowest BCUT2D eigenvalue weighted by atomic mass is 9.96. The van der Waals surface area contributed by atoms with Gasteiger partial charge < -0.3 is 15.1 Å². The highest BCUT2D eigenvalue weighted by Gasteiger charge is 2.26. The molecule has 0 spiro atoms. The summed E-state index contributed by atoms with van der Waals surface area (Å²) >= 11 is 0. The zero-order chi connectivity index (χ0) is 21.1. The SMILES string of the molecule is Cc1nccn1-c1cc(N2CCC(C(=O)Nc3ccc(N(C)C)cc3)CC2)ncn1. The van der Waals surface area contributed by atoms with Crippen molar-refractivity contribution in [3.05, 3.63) is 54.9 Å². The molecule has 1 aliphatic rings. The third kappa shape index (κ3) is 4.27. The predicted octanol–water partition coefficient (Wildman–Crippen LogP) is 2.89. The average molecular weight is 406 g/mol. The standard InChI is InChI=1S/C22H27N7O/c1-16-23-10-13-29(16)21-14-20(24-15-25-21)28-11-8-17(9-12-28)22(30)26-18-4-6-19(7-5-18)27(2)3/h4-7,10,13-15,17H,8-9,11-12H2,1-3H3,(H,26,30). The van der Waals surface area contributed by atoms with Crippen LogP contribution in [0.25, 0.3) is 5.82 Å². The van der Waals surface area contributed by atoms with Gasteiger partial charge in [-0.25, -0.2) is 15.0 Å². The lowest BCUT2D eigenvalue weighted by Crippen LogP contribution is -2.38. The van der Waals surface area contributed by atoms with Crippen LogP contribution < -0.4 is 15.1 Å². The van der Waals surface area contributed by atoms with Crippen molar-refractivity contribution in [2.45, 2.75) is 19.8 Å². The first-order valence-corrected chi connectivity index (χ1v) is 10.2. The van der Waals surface area contributed by atoms with Gasteiger partial charge in [-0.15, -0.1) is 0 Å². The quantitative estimate of drug-likeness (QED) is 0.703. The van der Waals surface area contributed by atoms with E-state index in [9.17, 15) is 4.79 Å². The number of carbonyl (C=O) groups excluding carboxylic acids is 1. The number of hydrogen-bond acceptors (Lipinski definition) is 6. The van der Waals surface area contributed by atoms with E-state index < -0.39 is 0 Å². The van der Waals surface area contributed by atoms with E-state index in [0.29, 0.717) is 0 Å². The Labute approximate surface area is 176 Å². The molecule has 4 rings (SSSR count). The van der Waals surface area contributed by atoms with E-state index in [1.807, 2.05) is 67.0 Å². The second-order valence-corrected chi connectivity index (χ2v) is 7.77. The van der Waals surface area contributed by atoms with E-state index >= 15 is 0 Å². The number of imidazole rings is 1. The Morgan fingerprint density at radius 1 is 1.07 bits per heavy atom. The van der Waals surface area contributed by atoms with Crippen molar-refractivity contribution < 1.29 is 4.79 Å². The van der Waals surface area contributed by atoms with E-state index in [1.54, 1.807) is 12.5 Å². The number of nitrogens with one attached hydrogen (secondary N) is 1. The second kappa shape index (κ2) is 8.52. The zero-order valence-corrected chi connectivity index (χ0v) is 17.6. The normalized spacial score (nSPS) is 14.6. The van der Waals surface area contributed by atoms with E-state index in [1.165, 1.54) is 0 Å². The topological polar surface area (TPSA) is 79.2 Å². The smallest absolute Gasteiger partial charge is 0.227 e. The van der Waals surface area contributed by atoms with E-state index in [4.69, 9.17) is 0 Å². The highest BCUT2D eigenvalue weighted by Crippen LogP contribution is 2.24. The van der Waals surface area contributed by atoms with Gasteiger partial charge in [0.2, 0.25) is 5.91 Å². The van der Waals surface area contributed by atoms with E-state index in [2.05, 4.69) is 25.2 Å². The summed E-state index contributed by atoms with van der Waals surface area (Å²) < 4.78 is 1.94. The molecule has 1 aromatic carbocycles. The molecule has 1 N–H and O–H groups in total. The second-order valence-electron chi connectivity index (χ2n) is 7.77. The lowest BCUT2D eigenvalue weighted by molar-refractivity contribution is -0.120. The maximum Gasteiger partial charge on any atom is 0.227 e. The summed E-state index contributed by atoms with van der Waals surface area (Å²) in [5, 5.41) is 3.05. The van der Waals surface area contributed by atoms with Gasteiger partial charge in [-0.05, 0) is 44.0 Å². The molecule has 0 bridgehead atoms. The van der Waals surface area contributed by atoms with Gasteiger partial charge in [-0.1, -0.05) is 0 Å². The van der Waals surface area contributed by atoms with Crippen LogP contribution in [-0.2, 0) is 4.79 Å². The van der Waals surface area contributed by atoms with Crippen LogP contribution in [0.4, 0.5) is 17.2 Å². The first-order chi connectivity index (χ1) is 14.5. The van der Waals surface area contributed by atoms with Crippen molar-refractivity contribution in [3.63, 3.8) is 0 Å². The number of nitrogens with zero attached hydrogens (tertiary/aromatic N) is 6. The van der Waals surface area contributed by atoms with Crippen LogP contribution in [0, 0.1) is 12.8 Å². The number of amides is 1. The number of carbonyl (C=O) groups is 1. The van der Waals surface area contributed by atoms with Crippen molar-refractivity contribution in [1.82, 2.24) is 19.5 Å². The predicted molar refractivity (Wildman–Crippen MR) is 118 cm³/mol. The average Bonchev–Trinajstić information content (AvgIpc) is 3.20. The van der Waals surface area contributed by atoms with Crippen LogP contribution in [-0.4, -0.2) is 52.6 Å². The molecule has 0 unspecified atom stereocenters. The molecular weight excluding hydrogens is 378 g/mol. The third-order valence-electron chi connectivity index (χ3n) is 5.55. The van der Waals surface area contributed by atoms with Gasteiger partial charge in [0.25, 0.3) is 0 Å². The zero-order valence-electron chi connectivity index (χ0n) is 17.6. The van der Waals surface area contributed by atoms with Gasteiger partial charge >= 0.3 is 0 Å². The van der Waals surface area contributed by atoms with Crippen LogP contribution in [0.3, 0.4) is 0 Å². The number of piperidine rings is 1. The summed E-state index contributed by atoms with van der Waals surface area (Å²) in [4.78, 5) is 30.0. The fraction of sp³-hybridized carbons (Fsp3) is 0.364. The Hall–Kier alpha value is -3.42. The van der Waals surface area contributed by atoms with Crippen molar-refractivity contribution in [2.75, 3.05) is 42.3 Å². The molecule has 30 heavy (non-hydrogen) atoms. The maximum atomic E-state index is 12.7. The molecule has 1 aliphatic heterocycles. The van der Waals surface area contributed by atoms with Crippen LogP contribution in [0.1, 0.15) is 18.7 Å². The first kappa shape index (κ1) is 19.9. The molecule has 1 amide bonds. The highest BCUT2D eigenvalue weighted by molar-refractivity contribution is 5.92. The summed E-state index contributed by atoms with van der Waals surface area (Å²) in [6, 6.07) is 9.88. The van der Waals surface area contributed by atoms with Gasteiger partial charge in [0.05, 0.1) is 0 Å². The molecule has 0 radical (unpaired) electrons. The molecule has 0 saturated carbocycles. The maximum absolute atomic E-state index is 12.7. The molecule has 1 saturated heterocycles. The third-order valence-corrected chi connectivity index (χ3v) is 5.55. The van der Waals surface area contributed by atoms with E-state index in [0.717, 1.165) is 54.8 Å². The number of hydrogen-bond donors (Lipinski definition) is 1. The number of rotatable bonds is 5. The van der Waals surface area contributed by atoms with Crippen LogP contribution in [0.15, 0.2) is 49.1 Å². The molecule has 156 valence electrons. The molecule has 0 aliphatic carbocycles. The fourth-order valence-electron chi connectivity index (χ4n) is 3.72. The minimum Gasteiger partial charge on any atom is -0.378 e. The molecule has 8 heteroatoms. The Morgan fingerprint density at radius 2 is 1.77 bits per heavy atom.